The van der Waals surface area contributed by atoms with Crippen LogP contribution >= 0.6 is 11.3 Å². The topological polar surface area (TPSA) is 59.8 Å². The van der Waals surface area contributed by atoms with Crippen molar-refractivity contribution in [3.05, 3.63) is 71.6 Å². The minimum absolute atomic E-state index is 0.588. The molecule has 1 amide bonds. The average molecular weight is 360 g/mol. The standard InChI is InChI=1S/C20H16N4OS/c1-14-7-9-16(10-8-14)17-11-19(21-13-25)24(23-17)20-22-18(12-26-20)15-5-3-2-4-6-15/h2-13H,1H3,(H,21,25). The summed E-state index contributed by atoms with van der Waals surface area (Å²) < 4.78 is 1.67. The van der Waals surface area contributed by atoms with Crippen LogP contribution in [0.3, 0.4) is 0 Å². The molecule has 128 valence electrons. The first kappa shape index (κ1) is 16.2. The molecule has 0 atom stereocenters. The summed E-state index contributed by atoms with van der Waals surface area (Å²) in [6.07, 6.45) is 0.651. The zero-order chi connectivity index (χ0) is 17.9. The molecule has 0 spiro atoms. The lowest BCUT2D eigenvalue weighted by Gasteiger charge is -2.01. The van der Waals surface area contributed by atoms with Crippen molar-refractivity contribution in [2.75, 3.05) is 5.32 Å². The first-order valence-electron chi connectivity index (χ1n) is 8.13. The van der Waals surface area contributed by atoms with Gasteiger partial charge in [-0.1, -0.05) is 60.2 Å². The van der Waals surface area contributed by atoms with Gasteiger partial charge in [0.15, 0.2) is 0 Å². The Morgan fingerprint density at radius 2 is 1.73 bits per heavy atom. The Kier molecular flexibility index (Phi) is 4.33. The van der Waals surface area contributed by atoms with Crippen LogP contribution in [0.5, 0.6) is 0 Å². The number of aromatic nitrogens is 3. The third-order valence-corrected chi connectivity index (χ3v) is 4.82. The molecule has 0 bridgehead atoms. The van der Waals surface area contributed by atoms with E-state index in [1.165, 1.54) is 16.9 Å². The number of aryl methyl sites for hydroxylation is 1. The van der Waals surface area contributed by atoms with Gasteiger partial charge in [-0.2, -0.15) is 9.78 Å². The van der Waals surface area contributed by atoms with Crippen LogP contribution in [0, 0.1) is 6.92 Å². The first-order chi connectivity index (χ1) is 12.7. The fourth-order valence-corrected chi connectivity index (χ4v) is 3.45. The largest absolute Gasteiger partial charge is 0.313 e. The van der Waals surface area contributed by atoms with Crippen LogP contribution in [0.2, 0.25) is 0 Å². The summed E-state index contributed by atoms with van der Waals surface area (Å²) in [6.45, 7) is 2.04. The van der Waals surface area contributed by atoms with Crippen LogP contribution in [-0.2, 0) is 4.79 Å². The second-order valence-corrected chi connectivity index (χ2v) is 6.67. The van der Waals surface area contributed by atoms with Crippen molar-refractivity contribution >= 4 is 23.6 Å². The number of nitrogens with one attached hydrogen (secondary N) is 1. The predicted molar refractivity (Wildman–Crippen MR) is 105 cm³/mol. The lowest BCUT2D eigenvalue weighted by molar-refractivity contribution is -0.105. The van der Waals surface area contributed by atoms with Crippen LogP contribution in [0.1, 0.15) is 5.56 Å². The van der Waals surface area contributed by atoms with Gasteiger partial charge < -0.3 is 5.32 Å². The number of hydrogen-bond acceptors (Lipinski definition) is 4. The van der Waals surface area contributed by atoms with Crippen molar-refractivity contribution < 1.29 is 4.79 Å². The number of benzene rings is 2. The number of rotatable bonds is 5. The number of carbonyl (C=O) groups excluding carboxylic acids is 1. The fourth-order valence-electron chi connectivity index (χ4n) is 2.66. The molecular formula is C20H16N4OS. The molecule has 4 rings (SSSR count). The molecule has 2 aromatic heterocycles. The van der Waals surface area contributed by atoms with Crippen molar-refractivity contribution in [1.29, 1.82) is 0 Å². The maximum absolute atomic E-state index is 11.0. The Bertz CT molecular complexity index is 1040. The van der Waals surface area contributed by atoms with Gasteiger partial charge in [-0.05, 0) is 6.92 Å². The molecule has 0 saturated carbocycles. The van der Waals surface area contributed by atoms with Crippen molar-refractivity contribution in [1.82, 2.24) is 14.8 Å². The first-order valence-corrected chi connectivity index (χ1v) is 9.01. The molecule has 0 aliphatic carbocycles. The van der Waals surface area contributed by atoms with E-state index >= 15 is 0 Å². The number of nitrogens with zero attached hydrogens (tertiary/aromatic N) is 3. The van der Waals surface area contributed by atoms with E-state index in [0.717, 1.165) is 22.5 Å². The number of amides is 1. The summed E-state index contributed by atoms with van der Waals surface area (Å²) in [5.74, 6) is 0.588. The van der Waals surface area contributed by atoms with E-state index < -0.39 is 0 Å². The summed E-state index contributed by atoms with van der Waals surface area (Å²) >= 11 is 1.48. The number of carbonyl (C=O) groups is 1. The van der Waals surface area contributed by atoms with E-state index in [-0.39, 0.29) is 0 Å². The van der Waals surface area contributed by atoms with Gasteiger partial charge in [0.25, 0.3) is 0 Å². The highest BCUT2D eigenvalue weighted by atomic mass is 32.1. The molecule has 0 aliphatic heterocycles. The van der Waals surface area contributed by atoms with E-state index in [2.05, 4.69) is 15.4 Å². The van der Waals surface area contributed by atoms with Crippen LogP contribution in [-0.4, -0.2) is 21.2 Å². The SMILES string of the molecule is Cc1ccc(-c2cc(NC=O)n(-c3nc(-c4ccccc4)cs3)n2)cc1. The van der Waals surface area contributed by atoms with Crippen LogP contribution in [0.15, 0.2) is 66.0 Å². The van der Waals surface area contributed by atoms with E-state index in [4.69, 9.17) is 0 Å². The van der Waals surface area contributed by atoms with E-state index in [0.29, 0.717) is 17.4 Å². The lowest BCUT2D eigenvalue weighted by Crippen LogP contribution is -2.04. The predicted octanol–water partition coefficient (Wildman–Crippen LogP) is 4.54. The summed E-state index contributed by atoms with van der Waals surface area (Å²) in [5.41, 5.74) is 4.89. The van der Waals surface area contributed by atoms with Gasteiger partial charge in [0, 0.05) is 22.6 Å². The molecule has 0 unspecified atom stereocenters. The third kappa shape index (κ3) is 3.14. The van der Waals surface area contributed by atoms with Gasteiger partial charge in [0.05, 0.1) is 11.4 Å². The number of hydrogen-bond donors (Lipinski definition) is 1. The summed E-state index contributed by atoms with van der Waals surface area (Å²) in [5, 5.41) is 10.1. The molecule has 1 N–H and O–H groups in total. The quantitative estimate of drug-likeness (QED) is 0.532. The molecule has 0 fully saturated rings. The van der Waals surface area contributed by atoms with Gasteiger partial charge in [-0.25, -0.2) is 4.98 Å². The fraction of sp³-hybridized carbons (Fsp3) is 0.0500. The monoisotopic (exact) mass is 360 g/mol. The molecule has 4 aromatic rings. The normalized spacial score (nSPS) is 10.7. The number of anilines is 1. The number of thiazole rings is 1. The van der Waals surface area contributed by atoms with E-state index in [9.17, 15) is 4.79 Å². The Hall–Kier alpha value is -3.25. The Balaban J connectivity index is 1.75. The van der Waals surface area contributed by atoms with Gasteiger partial charge in [-0.3, -0.25) is 4.79 Å². The molecule has 0 radical (unpaired) electrons. The van der Waals surface area contributed by atoms with Crippen LogP contribution in [0.25, 0.3) is 27.6 Å². The highest BCUT2D eigenvalue weighted by Crippen LogP contribution is 2.29. The summed E-state index contributed by atoms with van der Waals surface area (Å²) in [4.78, 5) is 15.7. The molecule has 2 heterocycles. The molecular weight excluding hydrogens is 344 g/mol. The molecule has 26 heavy (non-hydrogen) atoms. The van der Waals surface area contributed by atoms with Crippen LogP contribution in [0.4, 0.5) is 5.82 Å². The maximum Gasteiger partial charge on any atom is 0.212 e. The van der Waals surface area contributed by atoms with Crippen molar-refractivity contribution in [3.63, 3.8) is 0 Å². The smallest absolute Gasteiger partial charge is 0.212 e. The second kappa shape index (κ2) is 6.93. The summed E-state index contributed by atoms with van der Waals surface area (Å²) in [6, 6.07) is 19.9. The van der Waals surface area contributed by atoms with Gasteiger partial charge in [-0.15, -0.1) is 11.3 Å². The zero-order valence-electron chi connectivity index (χ0n) is 14.1. The van der Waals surface area contributed by atoms with Gasteiger partial charge in [0.1, 0.15) is 5.82 Å². The highest BCUT2D eigenvalue weighted by molar-refractivity contribution is 7.12. The van der Waals surface area contributed by atoms with Crippen molar-refractivity contribution in [3.8, 4) is 27.6 Å². The lowest BCUT2D eigenvalue weighted by atomic mass is 10.1. The van der Waals surface area contributed by atoms with Crippen LogP contribution < -0.4 is 5.32 Å². The average Bonchev–Trinajstić information content (AvgIpc) is 3.31. The molecule has 0 saturated heterocycles. The molecule has 6 heteroatoms. The van der Waals surface area contributed by atoms with Gasteiger partial charge >= 0.3 is 0 Å². The Labute approximate surface area is 155 Å². The minimum atomic E-state index is 0.588. The van der Waals surface area contributed by atoms with Gasteiger partial charge in [0.2, 0.25) is 11.5 Å². The third-order valence-electron chi connectivity index (χ3n) is 4.01. The molecule has 2 aromatic carbocycles. The van der Waals surface area contributed by atoms with E-state index in [1.54, 1.807) is 4.68 Å². The molecule has 0 aliphatic rings. The molecule has 5 nitrogen and oxygen atoms in total. The Morgan fingerprint density at radius 1 is 1.00 bits per heavy atom. The maximum atomic E-state index is 11.0. The Morgan fingerprint density at radius 3 is 2.46 bits per heavy atom. The zero-order valence-corrected chi connectivity index (χ0v) is 14.9. The van der Waals surface area contributed by atoms with Crippen molar-refractivity contribution in [2.45, 2.75) is 6.92 Å². The second-order valence-electron chi connectivity index (χ2n) is 5.84. The van der Waals surface area contributed by atoms with Crippen molar-refractivity contribution in [2.24, 2.45) is 0 Å². The van der Waals surface area contributed by atoms with E-state index in [1.807, 2.05) is 73.0 Å². The highest BCUT2D eigenvalue weighted by Gasteiger charge is 2.14. The minimum Gasteiger partial charge on any atom is -0.313 e. The summed E-state index contributed by atoms with van der Waals surface area (Å²) in [7, 11) is 0.